The largest absolute Gasteiger partial charge is 0.381 e. The average Bonchev–Trinajstić information content (AvgIpc) is 3.34. The molecule has 0 radical (unpaired) electrons. The van der Waals surface area contributed by atoms with Gasteiger partial charge in [0.25, 0.3) is 0 Å². The molecule has 1 unspecified atom stereocenters. The van der Waals surface area contributed by atoms with Crippen LogP contribution < -0.4 is 16.0 Å². The van der Waals surface area contributed by atoms with Gasteiger partial charge in [0.1, 0.15) is 0 Å². The van der Waals surface area contributed by atoms with Crippen molar-refractivity contribution in [2.24, 2.45) is 0 Å². The molecule has 0 saturated carbocycles. The van der Waals surface area contributed by atoms with E-state index in [0.29, 0.717) is 36.8 Å². The number of nitrogens with zero attached hydrogens (tertiary/aromatic N) is 4. The Balaban J connectivity index is 1.35. The zero-order chi connectivity index (χ0) is 25.8. The van der Waals surface area contributed by atoms with Gasteiger partial charge in [-0.25, -0.2) is 0 Å². The third-order valence-corrected chi connectivity index (χ3v) is 7.50. The molecule has 5 rings (SSSR count). The van der Waals surface area contributed by atoms with Gasteiger partial charge in [-0.2, -0.15) is 19.6 Å². The Morgan fingerprint density at radius 1 is 1.19 bits per heavy atom. The summed E-state index contributed by atoms with van der Waals surface area (Å²) >= 11 is 0. The number of ether oxygens (including phenoxy) is 1. The van der Waals surface area contributed by atoms with Crippen LogP contribution in [0.4, 0.5) is 11.9 Å². The van der Waals surface area contributed by atoms with E-state index in [1.54, 1.807) is 4.52 Å². The third-order valence-electron chi connectivity index (χ3n) is 7.50. The minimum Gasteiger partial charge on any atom is -0.381 e. The van der Waals surface area contributed by atoms with Crippen LogP contribution in [0.5, 0.6) is 0 Å². The summed E-state index contributed by atoms with van der Waals surface area (Å²) in [6.07, 6.45) is 7.44. The van der Waals surface area contributed by atoms with Crippen molar-refractivity contribution in [1.82, 2.24) is 24.9 Å². The summed E-state index contributed by atoms with van der Waals surface area (Å²) in [5.41, 5.74) is 5.28. The van der Waals surface area contributed by atoms with E-state index < -0.39 is 0 Å². The van der Waals surface area contributed by atoms with Crippen molar-refractivity contribution < 1.29 is 9.53 Å². The summed E-state index contributed by atoms with van der Waals surface area (Å²) in [5.74, 6) is 1.84. The summed E-state index contributed by atoms with van der Waals surface area (Å²) in [7, 11) is 0. The number of piperidine rings is 1. The molecule has 1 aromatic carbocycles. The predicted octanol–water partition coefficient (Wildman–Crippen LogP) is 4.01. The van der Waals surface area contributed by atoms with E-state index in [1.165, 1.54) is 5.56 Å². The number of aromatic nitrogens is 4. The van der Waals surface area contributed by atoms with Gasteiger partial charge in [0.2, 0.25) is 11.9 Å². The molecule has 9 nitrogen and oxygen atoms in total. The molecule has 1 atom stereocenters. The number of hydrogen-bond donors (Lipinski definition) is 3. The van der Waals surface area contributed by atoms with E-state index in [4.69, 9.17) is 14.7 Å². The van der Waals surface area contributed by atoms with Crippen molar-refractivity contribution in [2.45, 2.75) is 83.8 Å². The van der Waals surface area contributed by atoms with Gasteiger partial charge in [0, 0.05) is 37.8 Å². The molecule has 198 valence electrons. The number of benzene rings is 1. The quantitative estimate of drug-likeness (QED) is 0.401. The molecule has 3 aromatic rings. The van der Waals surface area contributed by atoms with Gasteiger partial charge in [-0.15, -0.1) is 0 Å². The van der Waals surface area contributed by atoms with E-state index in [1.807, 2.05) is 6.20 Å². The number of aryl methyl sites for hydroxylation is 1. The lowest BCUT2D eigenvalue weighted by Gasteiger charge is -2.23. The maximum atomic E-state index is 12.8. The standard InChI is InChI=1S/C28H39N7O2/c1-18(2)23-17-31-35-26(23)33-27(32-22-9-12-37-13-10-22)34-28(35)30-16-21-14-20(8-7-19(21)3)15-25(36)24-6-4-5-11-29-24/h7-8,14,17-18,22,24,29H,4-6,9-13,15-16H2,1-3H3,(H2,30,32,33,34). The number of ketones is 1. The van der Waals surface area contributed by atoms with Crippen molar-refractivity contribution in [2.75, 3.05) is 30.4 Å². The highest BCUT2D eigenvalue weighted by atomic mass is 16.5. The number of nitrogens with one attached hydrogen (secondary N) is 3. The Labute approximate surface area is 218 Å². The topological polar surface area (TPSA) is 105 Å². The van der Waals surface area contributed by atoms with Gasteiger partial charge < -0.3 is 20.7 Å². The fourth-order valence-electron chi connectivity index (χ4n) is 5.16. The lowest BCUT2D eigenvalue weighted by molar-refractivity contribution is -0.120. The van der Waals surface area contributed by atoms with Crippen LogP contribution in [0, 0.1) is 6.92 Å². The second kappa shape index (κ2) is 11.6. The zero-order valence-electron chi connectivity index (χ0n) is 22.2. The van der Waals surface area contributed by atoms with Crippen LogP contribution in [0.25, 0.3) is 5.65 Å². The summed E-state index contributed by atoms with van der Waals surface area (Å²) in [6, 6.07) is 6.60. The van der Waals surface area contributed by atoms with Gasteiger partial charge in [0.05, 0.1) is 12.2 Å². The van der Waals surface area contributed by atoms with E-state index in [0.717, 1.165) is 74.2 Å². The van der Waals surface area contributed by atoms with Crippen LogP contribution in [0.1, 0.15) is 74.1 Å². The van der Waals surface area contributed by atoms with Crippen molar-refractivity contribution in [1.29, 1.82) is 0 Å². The van der Waals surface area contributed by atoms with Gasteiger partial charge in [0.15, 0.2) is 11.4 Å². The molecular formula is C28H39N7O2. The zero-order valence-corrected chi connectivity index (χ0v) is 22.2. The molecule has 0 amide bonds. The van der Waals surface area contributed by atoms with E-state index in [9.17, 15) is 4.79 Å². The van der Waals surface area contributed by atoms with Gasteiger partial charge in [-0.05, 0) is 61.8 Å². The molecule has 0 spiro atoms. The molecule has 2 aromatic heterocycles. The highest BCUT2D eigenvalue weighted by Gasteiger charge is 2.21. The maximum absolute atomic E-state index is 12.8. The summed E-state index contributed by atoms with van der Waals surface area (Å²) in [5, 5.41) is 15.0. The molecule has 2 aliphatic rings. The van der Waals surface area contributed by atoms with Gasteiger partial charge >= 0.3 is 0 Å². The number of rotatable bonds is 9. The molecular weight excluding hydrogens is 466 g/mol. The first-order valence-electron chi connectivity index (χ1n) is 13.7. The predicted molar refractivity (Wildman–Crippen MR) is 145 cm³/mol. The Bertz CT molecular complexity index is 1230. The summed E-state index contributed by atoms with van der Waals surface area (Å²) in [4.78, 5) is 22.5. The SMILES string of the molecule is Cc1ccc(CC(=O)C2CCCCN2)cc1CNc1nc(NC2CCOCC2)nc2c(C(C)C)cnn12. The lowest BCUT2D eigenvalue weighted by Crippen LogP contribution is -2.41. The molecule has 4 heterocycles. The van der Waals surface area contributed by atoms with E-state index in [2.05, 4.69) is 60.0 Å². The fourth-order valence-corrected chi connectivity index (χ4v) is 5.16. The van der Waals surface area contributed by atoms with E-state index >= 15 is 0 Å². The number of carbonyl (C=O) groups is 1. The van der Waals surface area contributed by atoms with Crippen LogP contribution >= 0.6 is 0 Å². The van der Waals surface area contributed by atoms with Crippen molar-refractivity contribution in [3.05, 3.63) is 46.6 Å². The smallest absolute Gasteiger partial charge is 0.229 e. The Morgan fingerprint density at radius 2 is 2.03 bits per heavy atom. The molecule has 2 fully saturated rings. The summed E-state index contributed by atoms with van der Waals surface area (Å²) < 4.78 is 7.30. The minimum absolute atomic E-state index is 0.0115. The third kappa shape index (κ3) is 6.10. The Morgan fingerprint density at radius 3 is 2.78 bits per heavy atom. The highest BCUT2D eigenvalue weighted by molar-refractivity contribution is 5.86. The number of fused-ring (bicyclic) bond motifs is 1. The minimum atomic E-state index is -0.0115. The second-order valence-electron chi connectivity index (χ2n) is 10.7. The maximum Gasteiger partial charge on any atom is 0.229 e. The number of Topliss-reactive ketones (excluding diaryl/α,β-unsaturated/α-hetero) is 1. The second-order valence-corrected chi connectivity index (χ2v) is 10.7. The molecule has 37 heavy (non-hydrogen) atoms. The molecule has 3 N–H and O–H groups in total. The first-order valence-corrected chi connectivity index (χ1v) is 13.7. The molecule has 0 aliphatic carbocycles. The molecule has 0 bridgehead atoms. The van der Waals surface area contributed by atoms with Gasteiger partial charge in [-0.3, -0.25) is 4.79 Å². The molecule has 9 heteroatoms. The van der Waals surface area contributed by atoms with Crippen molar-refractivity contribution >= 4 is 23.3 Å². The Kier molecular flexibility index (Phi) is 8.00. The van der Waals surface area contributed by atoms with Gasteiger partial charge in [-0.1, -0.05) is 38.5 Å². The van der Waals surface area contributed by atoms with Crippen LogP contribution in [-0.2, 0) is 22.5 Å². The van der Waals surface area contributed by atoms with Crippen LogP contribution in [0.15, 0.2) is 24.4 Å². The van der Waals surface area contributed by atoms with Crippen LogP contribution in [0.2, 0.25) is 0 Å². The number of carbonyl (C=O) groups excluding carboxylic acids is 1. The summed E-state index contributed by atoms with van der Waals surface area (Å²) in [6.45, 7) is 9.42. The number of hydrogen-bond acceptors (Lipinski definition) is 8. The van der Waals surface area contributed by atoms with E-state index in [-0.39, 0.29) is 11.8 Å². The lowest BCUT2D eigenvalue weighted by atomic mass is 9.95. The Hall–Kier alpha value is -3.04. The normalized spacial score (nSPS) is 18.9. The highest BCUT2D eigenvalue weighted by Crippen LogP contribution is 2.24. The molecule has 2 aliphatic heterocycles. The fraction of sp³-hybridized carbons (Fsp3) is 0.571. The molecule has 2 saturated heterocycles. The number of anilines is 2. The van der Waals surface area contributed by atoms with Crippen molar-refractivity contribution in [3.63, 3.8) is 0 Å². The first-order chi connectivity index (χ1) is 18.0. The van der Waals surface area contributed by atoms with Crippen LogP contribution in [-0.4, -0.2) is 57.2 Å². The average molecular weight is 506 g/mol. The van der Waals surface area contributed by atoms with Crippen molar-refractivity contribution in [3.8, 4) is 0 Å². The monoisotopic (exact) mass is 505 g/mol. The first kappa shape index (κ1) is 25.6. The van der Waals surface area contributed by atoms with Crippen LogP contribution in [0.3, 0.4) is 0 Å².